The van der Waals surface area contributed by atoms with Crippen LogP contribution in [0.1, 0.15) is 47.2 Å². The summed E-state index contributed by atoms with van der Waals surface area (Å²) in [6.07, 6.45) is 0. The molecule has 0 aliphatic carbocycles. The third-order valence-corrected chi connectivity index (χ3v) is 5.33. The average Bonchev–Trinajstić information content (AvgIpc) is 2.62. The zero-order chi connectivity index (χ0) is 18.9. The van der Waals surface area contributed by atoms with Crippen molar-refractivity contribution in [3.05, 3.63) is 106 Å². The first-order valence-corrected chi connectivity index (χ1v) is 8.92. The smallest absolute Gasteiger partial charge is 0.112 e. The Morgan fingerprint density at radius 3 is 1.35 bits per heavy atom. The van der Waals surface area contributed by atoms with Gasteiger partial charge in [0.05, 0.1) is 0 Å². The third kappa shape index (κ3) is 3.18. The molecule has 0 aliphatic heterocycles. The summed E-state index contributed by atoms with van der Waals surface area (Å²) in [6.45, 7) is 7.60. The predicted molar refractivity (Wildman–Crippen MR) is 106 cm³/mol. The van der Waals surface area contributed by atoms with E-state index in [2.05, 4.69) is 0 Å². The largest absolute Gasteiger partial charge is 0.381 e. The van der Waals surface area contributed by atoms with Crippen LogP contribution in [0.25, 0.3) is 0 Å². The van der Waals surface area contributed by atoms with Crippen molar-refractivity contribution in [2.45, 2.75) is 38.9 Å². The molecular formula is C24H26O2. The minimum Gasteiger partial charge on any atom is -0.381 e. The number of aliphatic hydroxyl groups is 2. The van der Waals surface area contributed by atoms with Crippen LogP contribution >= 0.6 is 0 Å². The molecule has 2 N–H and O–H groups in total. The van der Waals surface area contributed by atoms with E-state index in [-0.39, 0.29) is 0 Å². The molecule has 0 aliphatic rings. The summed E-state index contributed by atoms with van der Waals surface area (Å²) in [6, 6.07) is 23.3. The molecule has 2 nitrogen and oxygen atoms in total. The fourth-order valence-electron chi connectivity index (χ4n) is 3.67. The van der Waals surface area contributed by atoms with Gasteiger partial charge in [-0.25, -0.2) is 0 Å². The maximum Gasteiger partial charge on any atom is 0.112 e. The topological polar surface area (TPSA) is 40.5 Å². The summed E-state index contributed by atoms with van der Waals surface area (Å²) in [4.78, 5) is 0. The third-order valence-electron chi connectivity index (χ3n) is 5.33. The van der Waals surface area contributed by atoms with E-state index in [1.807, 2.05) is 86.6 Å². The van der Waals surface area contributed by atoms with Crippen molar-refractivity contribution in [3.8, 4) is 0 Å². The highest BCUT2D eigenvalue weighted by molar-refractivity contribution is 5.45. The van der Waals surface area contributed by atoms with Crippen LogP contribution in [0.4, 0.5) is 0 Å². The highest BCUT2D eigenvalue weighted by Crippen LogP contribution is 2.36. The van der Waals surface area contributed by atoms with E-state index in [1.165, 1.54) is 0 Å². The normalized spacial score (nSPS) is 15.9. The highest BCUT2D eigenvalue weighted by atomic mass is 16.3. The van der Waals surface area contributed by atoms with Crippen LogP contribution < -0.4 is 0 Å². The van der Waals surface area contributed by atoms with Gasteiger partial charge >= 0.3 is 0 Å². The van der Waals surface area contributed by atoms with Crippen molar-refractivity contribution >= 4 is 0 Å². The molecule has 3 aromatic carbocycles. The lowest BCUT2D eigenvalue weighted by molar-refractivity contribution is 0.0946. The van der Waals surface area contributed by atoms with E-state index < -0.39 is 11.2 Å². The van der Waals surface area contributed by atoms with Crippen molar-refractivity contribution in [2.24, 2.45) is 0 Å². The molecule has 0 saturated heterocycles. The minimum absolute atomic E-state index is 0.762. The van der Waals surface area contributed by atoms with Gasteiger partial charge in [0.25, 0.3) is 0 Å². The predicted octanol–water partition coefficient (Wildman–Crippen LogP) is 4.82. The van der Waals surface area contributed by atoms with Gasteiger partial charge in [-0.3, -0.25) is 0 Å². The van der Waals surface area contributed by atoms with E-state index >= 15 is 0 Å². The fraction of sp³-hybridized carbons (Fsp3) is 0.250. The molecule has 0 fully saturated rings. The molecule has 0 saturated carbocycles. The molecule has 0 aromatic heterocycles. The first kappa shape index (κ1) is 18.4. The monoisotopic (exact) mass is 346 g/mol. The van der Waals surface area contributed by atoms with Crippen molar-refractivity contribution < 1.29 is 10.2 Å². The molecule has 3 rings (SSSR count). The molecule has 2 atom stereocenters. The Hall–Kier alpha value is -2.42. The summed E-state index contributed by atoms with van der Waals surface area (Å²) >= 11 is 0. The summed E-state index contributed by atoms with van der Waals surface area (Å²) in [5, 5.41) is 22.5. The van der Waals surface area contributed by atoms with Crippen LogP contribution in [-0.4, -0.2) is 10.2 Å². The second kappa shape index (κ2) is 6.71. The molecule has 134 valence electrons. The average molecular weight is 346 g/mol. The fourth-order valence-corrected chi connectivity index (χ4v) is 3.67. The van der Waals surface area contributed by atoms with Gasteiger partial charge in [0, 0.05) is 0 Å². The summed E-state index contributed by atoms with van der Waals surface area (Å²) < 4.78 is 0. The second-order valence-corrected chi connectivity index (χ2v) is 7.36. The maximum absolute atomic E-state index is 11.3. The Balaban J connectivity index is 2.09. The highest BCUT2D eigenvalue weighted by Gasteiger charge is 2.31. The van der Waals surface area contributed by atoms with Crippen LogP contribution in [0.2, 0.25) is 0 Å². The lowest BCUT2D eigenvalue weighted by Crippen LogP contribution is -2.27. The molecular weight excluding hydrogens is 320 g/mol. The summed E-state index contributed by atoms with van der Waals surface area (Å²) in [5.41, 5.74) is 3.06. The van der Waals surface area contributed by atoms with Gasteiger partial charge < -0.3 is 10.2 Å². The number of aryl methyl sites for hydroxylation is 2. The van der Waals surface area contributed by atoms with Gasteiger partial charge in [-0.2, -0.15) is 0 Å². The zero-order valence-electron chi connectivity index (χ0n) is 15.8. The van der Waals surface area contributed by atoms with Crippen LogP contribution in [-0.2, 0) is 11.2 Å². The second-order valence-electron chi connectivity index (χ2n) is 7.36. The number of hydrogen-bond donors (Lipinski definition) is 2. The van der Waals surface area contributed by atoms with Gasteiger partial charge in [0.2, 0.25) is 0 Å². The van der Waals surface area contributed by atoms with Crippen LogP contribution in [0.5, 0.6) is 0 Å². The molecule has 0 amide bonds. The van der Waals surface area contributed by atoms with E-state index in [1.54, 1.807) is 13.8 Å². The lowest BCUT2D eigenvalue weighted by atomic mass is 9.81. The van der Waals surface area contributed by atoms with Gasteiger partial charge in [-0.15, -0.1) is 0 Å². The van der Waals surface area contributed by atoms with Crippen molar-refractivity contribution in [1.29, 1.82) is 0 Å². The Bertz CT molecular complexity index is 850. The molecule has 0 bridgehead atoms. The number of rotatable bonds is 4. The van der Waals surface area contributed by atoms with Gasteiger partial charge in [0.15, 0.2) is 0 Å². The number of benzene rings is 3. The summed E-state index contributed by atoms with van der Waals surface area (Å²) in [5.74, 6) is 0. The van der Waals surface area contributed by atoms with Crippen LogP contribution in [0.15, 0.2) is 72.8 Å². The molecule has 2 heteroatoms. The zero-order valence-corrected chi connectivity index (χ0v) is 15.8. The summed E-state index contributed by atoms with van der Waals surface area (Å²) in [7, 11) is 0. The van der Waals surface area contributed by atoms with Crippen molar-refractivity contribution in [2.75, 3.05) is 0 Å². The lowest BCUT2D eigenvalue weighted by Gasteiger charge is -2.30. The van der Waals surface area contributed by atoms with E-state index in [0.29, 0.717) is 0 Å². The van der Waals surface area contributed by atoms with E-state index in [0.717, 1.165) is 33.4 Å². The number of hydrogen-bond acceptors (Lipinski definition) is 2. The molecule has 0 spiro atoms. The van der Waals surface area contributed by atoms with Crippen LogP contribution in [0, 0.1) is 13.8 Å². The SMILES string of the molecule is Cc1ccccc1C(C)(O)c1cccc(C(C)(O)c2ccccc2C)c1. The quantitative estimate of drug-likeness (QED) is 0.711. The first-order valence-electron chi connectivity index (χ1n) is 8.92. The molecule has 0 radical (unpaired) electrons. The first-order chi connectivity index (χ1) is 12.2. The molecule has 3 aromatic rings. The Morgan fingerprint density at radius 1 is 0.577 bits per heavy atom. The minimum atomic E-state index is -1.14. The van der Waals surface area contributed by atoms with Gasteiger partial charge in [0.1, 0.15) is 11.2 Å². The van der Waals surface area contributed by atoms with E-state index in [9.17, 15) is 10.2 Å². The Kier molecular flexibility index (Phi) is 4.74. The van der Waals surface area contributed by atoms with Crippen molar-refractivity contribution in [1.82, 2.24) is 0 Å². The Labute approximate surface area is 155 Å². The van der Waals surface area contributed by atoms with Crippen LogP contribution in [0.3, 0.4) is 0 Å². The molecule has 0 heterocycles. The Morgan fingerprint density at radius 2 is 0.962 bits per heavy atom. The molecule has 26 heavy (non-hydrogen) atoms. The van der Waals surface area contributed by atoms with Gasteiger partial charge in [-0.1, -0.05) is 66.7 Å². The van der Waals surface area contributed by atoms with Crippen molar-refractivity contribution in [3.63, 3.8) is 0 Å². The standard InChI is InChI=1S/C24H26O2/c1-17-10-5-7-14-21(17)23(3,25)19-12-9-13-20(16-19)24(4,26)22-15-8-6-11-18(22)2/h5-16,25-26H,1-4H3. The maximum atomic E-state index is 11.3. The van der Waals surface area contributed by atoms with E-state index in [4.69, 9.17) is 0 Å². The molecule has 2 unspecified atom stereocenters. The van der Waals surface area contributed by atoms with Gasteiger partial charge in [-0.05, 0) is 67.1 Å².